The molecule has 122 valence electrons. The highest BCUT2D eigenvalue weighted by Crippen LogP contribution is 2.42. The average molecular weight is 294 g/mol. The van der Waals surface area contributed by atoms with Crippen molar-refractivity contribution in [3.8, 4) is 0 Å². The highest BCUT2D eigenvalue weighted by molar-refractivity contribution is 5.79. The van der Waals surface area contributed by atoms with E-state index in [4.69, 9.17) is 5.73 Å². The zero-order chi connectivity index (χ0) is 15.8. The van der Waals surface area contributed by atoms with E-state index in [2.05, 4.69) is 39.9 Å². The van der Waals surface area contributed by atoms with Crippen molar-refractivity contribution in [1.82, 2.24) is 5.32 Å². The fraction of sp³-hybridized carbons (Fsp3) is 0.944. The molecular weight excluding hydrogens is 260 g/mol. The zero-order valence-electron chi connectivity index (χ0n) is 14.5. The van der Waals surface area contributed by atoms with Gasteiger partial charge in [-0.05, 0) is 63.2 Å². The van der Waals surface area contributed by atoms with Crippen molar-refractivity contribution in [2.24, 2.45) is 28.9 Å². The van der Waals surface area contributed by atoms with Crippen LogP contribution in [-0.4, -0.2) is 17.5 Å². The van der Waals surface area contributed by atoms with E-state index in [-0.39, 0.29) is 22.8 Å². The van der Waals surface area contributed by atoms with Crippen molar-refractivity contribution in [2.75, 3.05) is 0 Å². The van der Waals surface area contributed by atoms with Gasteiger partial charge in [0.25, 0.3) is 0 Å². The Kier molecular flexibility index (Phi) is 4.72. The van der Waals surface area contributed by atoms with Crippen LogP contribution in [0.25, 0.3) is 0 Å². The van der Waals surface area contributed by atoms with Crippen molar-refractivity contribution in [3.63, 3.8) is 0 Å². The van der Waals surface area contributed by atoms with E-state index in [9.17, 15) is 4.79 Å². The van der Waals surface area contributed by atoms with Crippen molar-refractivity contribution < 1.29 is 4.79 Å². The number of amides is 1. The highest BCUT2D eigenvalue weighted by Gasteiger charge is 2.41. The number of hydrogen-bond acceptors (Lipinski definition) is 2. The Bertz CT molecular complexity index is 369. The van der Waals surface area contributed by atoms with Crippen LogP contribution in [0.1, 0.15) is 73.1 Å². The topological polar surface area (TPSA) is 55.1 Å². The summed E-state index contributed by atoms with van der Waals surface area (Å²) in [5.41, 5.74) is 6.41. The summed E-state index contributed by atoms with van der Waals surface area (Å²) in [6.07, 6.45) is 6.71. The van der Waals surface area contributed by atoms with Crippen molar-refractivity contribution >= 4 is 5.91 Å². The summed E-state index contributed by atoms with van der Waals surface area (Å²) in [5.74, 6) is 1.57. The fourth-order valence-corrected chi connectivity index (χ4v) is 4.81. The summed E-state index contributed by atoms with van der Waals surface area (Å²) >= 11 is 0. The van der Waals surface area contributed by atoms with Crippen molar-refractivity contribution in [3.05, 3.63) is 0 Å². The molecule has 0 aliphatic heterocycles. The summed E-state index contributed by atoms with van der Waals surface area (Å²) in [6, 6.07) is 0.338. The monoisotopic (exact) mass is 294 g/mol. The first-order valence-electron chi connectivity index (χ1n) is 8.65. The van der Waals surface area contributed by atoms with Crippen molar-refractivity contribution in [1.29, 1.82) is 0 Å². The van der Waals surface area contributed by atoms with Crippen LogP contribution in [0.4, 0.5) is 0 Å². The summed E-state index contributed by atoms with van der Waals surface area (Å²) in [4.78, 5) is 12.7. The standard InChI is InChI=1S/C18H34N2O/c1-17(2,3)11-18(4,5)20-16(21)14-9-12-7-6-8-13(10-14)15(12)19/h12-15H,6-11,19H2,1-5H3,(H,20,21). The molecule has 2 fully saturated rings. The Morgan fingerprint density at radius 1 is 1.10 bits per heavy atom. The molecule has 0 aromatic rings. The molecule has 2 saturated carbocycles. The molecule has 3 nitrogen and oxygen atoms in total. The average Bonchev–Trinajstić information content (AvgIpc) is 2.23. The second-order valence-electron chi connectivity index (χ2n) is 9.31. The van der Waals surface area contributed by atoms with Crippen LogP contribution in [0, 0.1) is 23.2 Å². The van der Waals surface area contributed by atoms with E-state index < -0.39 is 0 Å². The van der Waals surface area contributed by atoms with Gasteiger partial charge >= 0.3 is 0 Å². The van der Waals surface area contributed by atoms with Gasteiger partial charge in [0.1, 0.15) is 0 Å². The molecule has 0 aromatic carbocycles. The number of carbonyl (C=O) groups excluding carboxylic acids is 1. The van der Waals surface area contributed by atoms with E-state index in [1.807, 2.05) is 0 Å². The number of hydrogen-bond donors (Lipinski definition) is 2. The van der Waals surface area contributed by atoms with Gasteiger partial charge in [0.15, 0.2) is 0 Å². The van der Waals surface area contributed by atoms with Crippen LogP contribution in [0.15, 0.2) is 0 Å². The fourth-order valence-electron chi connectivity index (χ4n) is 4.81. The maximum absolute atomic E-state index is 12.7. The van der Waals surface area contributed by atoms with Crippen LogP contribution in [-0.2, 0) is 4.79 Å². The Balaban J connectivity index is 1.95. The van der Waals surface area contributed by atoms with Crippen LogP contribution in [0.5, 0.6) is 0 Å². The molecule has 2 aliphatic rings. The van der Waals surface area contributed by atoms with Gasteiger partial charge in [-0.15, -0.1) is 0 Å². The molecule has 2 atom stereocenters. The summed E-state index contributed by atoms with van der Waals surface area (Å²) in [5, 5.41) is 3.31. The third-order valence-electron chi connectivity index (χ3n) is 5.22. The lowest BCUT2D eigenvalue weighted by Gasteiger charge is -2.44. The van der Waals surface area contributed by atoms with Crippen LogP contribution in [0.2, 0.25) is 0 Å². The Morgan fingerprint density at radius 2 is 1.62 bits per heavy atom. The third kappa shape index (κ3) is 4.45. The lowest BCUT2D eigenvalue weighted by atomic mass is 9.65. The SMILES string of the molecule is CC(C)(C)CC(C)(C)NC(=O)C1CC2CCCC(C1)C2N. The molecule has 0 spiro atoms. The van der Waals surface area contributed by atoms with Gasteiger partial charge in [0.05, 0.1) is 0 Å². The Hall–Kier alpha value is -0.570. The molecular formula is C18H34N2O. The zero-order valence-corrected chi connectivity index (χ0v) is 14.5. The molecule has 0 radical (unpaired) electrons. The number of nitrogens with one attached hydrogen (secondary N) is 1. The summed E-state index contributed by atoms with van der Waals surface area (Å²) in [7, 11) is 0. The van der Waals surface area contributed by atoms with E-state index in [0.717, 1.165) is 19.3 Å². The maximum Gasteiger partial charge on any atom is 0.223 e. The van der Waals surface area contributed by atoms with Crippen LogP contribution < -0.4 is 11.1 Å². The molecule has 2 rings (SSSR count). The molecule has 1 amide bonds. The minimum atomic E-state index is -0.135. The second-order valence-corrected chi connectivity index (χ2v) is 9.31. The predicted molar refractivity (Wildman–Crippen MR) is 87.8 cm³/mol. The minimum absolute atomic E-state index is 0.135. The number of carbonyl (C=O) groups is 1. The quantitative estimate of drug-likeness (QED) is 0.837. The first-order valence-corrected chi connectivity index (χ1v) is 8.65. The Morgan fingerprint density at radius 3 is 2.10 bits per heavy atom. The van der Waals surface area contributed by atoms with E-state index in [0.29, 0.717) is 17.9 Å². The van der Waals surface area contributed by atoms with Gasteiger partial charge in [-0.3, -0.25) is 4.79 Å². The van der Waals surface area contributed by atoms with Gasteiger partial charge < -0.3 is 11.1 Å². The number of rotatable bonds is 3. The minimum Gasteiger partial charge on any atom is -0.351 e. The summed E-state index contributed by atoms with van der Waals surface area (Å²) in [6.45, 7) is 11.0. The molecule has 2 aliphatic carbocycles. The third-order valence-corrected chi connectivity index (χ3v) is 5.22. The molecule has 2 unspecified atom stereocenters. The van der Waals surface area contributed by atoms with Crippen LogP contribution in [0.3, 0.4) is 0 Å². The Labute approximate surface area is 130 Å². The molecule has 3 heteroatoms. The van der Waals surface area contributed by atoms with Gasteiger partial charge in [-0.1, -0.05) is 27.2 Å². The largest absolute Gasteiger partial charge is 0.351 e. The predicted octanol–water partition coefficient (Wildman–Crippen LogP) is 3.47. The molecule has 0 aromatic heterocycles. The van der Waals surface area contributed by atoms with Crippen LogP contribution >= 0.6 is 0 Å². The van der Waals surface area contributed by atoms with E-state index in [1.165, 1.54) is 19.3 Å². The normalized spacial score (nSPS) is 33.6. The first kappa shape index (κ1) is 16.8. The van der Waals surface area contributed by atoms with E-state index >= 15 is 0 Å². The molecule has 3 N–H and O–H groups in total. The highest BCUT2D eigenvalue weighted by atomic mass is 16.2. The lowest BCUT2D eigenvalue weighted by molar-refractivity contribution is -0.129. The van der Waals surface area contributed by atoms with E-state index in [1.54, 1.807) is 0 Å². The van der Waals surface area contributed by atoms with Gasteiger partial charge in [-0.25, -0.2) is 0 Å². The summed E-state index contributed by atoms with van der Waals surface area (Å²) < 4.78 is 0. The van der Waals surface area contributed by atoms with Crippen molar-refractivity contribution in [2.45, 2.75) is 84.7 Å². The number of nitrogens with two attached hydrogens (primary N) is 1. The molecule has 0 saturated heterocycles. The van der Waals surface area contributed by atoms with Gasteiger partial charge in [0.2, 0.25) is 5.91 Å². The van der Waals surface area contributed by atoms with Gasteiger partial charge in [-0.2, -0.15) is 0 Å². The first-order chi connectivity index (χ1) is 9.57. The van der Waals surface area contributed by atoms with Gasteiger partial charge in [0, 0.05) is 17.5 Å². The smallest absolute Gasteiger partial charge is 0.223 e. The second kappa shape index (κ2) is 5.91. The molecule has 2 bridgehead atoms. The maximum atomic E-state index is 12.7. The molecule has 21 heavy (non-hydrogen) atoms. The number of fused-ring (bicyclic) bond motifs is 2. The molecule has 0 heterocycles. The lowest BCUT2D eigenvalue weighted by Crippen LogP contribution is -2.52.